The minimum Gasteiger partial charge on any atom is -0.349 e. The molecule has 0 heterocycles. The first-order valence-corrected chi connectivity index (χ1v) is 4.92. The molecule has 0 radical (unpaired) electrons. The molecule has 1 N–H and O–H groups in total. The van der Waals surface area contributed by atoms with Gasteiger partial charge in [-0.15, -0.1) is 0 Å². The average Bonchev–Trinajstić information content (AvgIpc) is 2.20. The fourth-order valence-corrected chi connectivity index (χ4v) is 0.605. The van der Waals surface area contributed by atoms with Crippen LogP contribution >= 0.6 is 0 Å². The summed E-state index contributed by atoms with van der Waals surface area (Å²) in [5, 5.41) is 2.40. The second kappa shape index (κ2) is 17.3. The third kappa shape index (κ3) is 14.0. The van der Waals surface area contributed by atoms with Crippen molar-refractivity contribution in [2.24, 2.45) is 0 Å². The van der Waals surface area contributed by atoms with Crippen molar-refractivity contribution in [3.8, 4) is 0 Å². The molecular weight excluding hydrogens is 166 g/mol. The van der Waals surface area contributed by atoms with Crippen LogP contribution in [0.2, 0.25) is 0 Å². The van der Waals surface area contributed by atoms with Gasteiger partial charge in [0.25, 0.3) is 0 Å². The number of rotatable bonds is 4. The number of ketones is 1. The normalized spacial score (nSPS) is 9.38. The van der Waals surface area contributed by atoms with E-state index in [1.165, 1.54) is 6.92 Å². The molecule has 0 aromatic heterocycles. The van der Waals surface area contributed by atoms with Gasteiger partial charge < -0.3 is 5.32 Å². The Bertz CT molecular complexity index is 119. The van der Waals surface area contributed by atoms with E-state index in [0.717, 1.165) is 0 Å². The molecule has 0 spiro atoms. The first-order chi connectivity index (χ1) is 6.22. The van der Waals surface area contributed by atoms with Crippen molar-refractivity contribution in [3.63, 3.8) is 0 Å². The van der Waals surface area contributed by atoms with E-state index in [4.69, 9.17) is 0 Å². The third-order valence-corrected chi connectivity index (χ3v) is 1.17. The summed E-state index contributed by atoms with van der Waals surface area (Å²) in [6.45, 7) is 11.3. The lowest BCUT2D eigenvalue weighted by molar-refractivity contribution is -0.121. The molecule has 3 nitrogen and oxygen atoms in total. The minimum atomic E-state index is -0.289. The van der Waals surface area contributed by atoms with Crippen molar-refractivity contribution in [1.82, 2.24) is 5.32 Å². The fourth-order valence-electron chi connectivity index (χ4n) is 0.605. The molecular formula is C10H25NO2. The van der Waals surface area contributed by atoms with Crippen molar-refractivity contribution in [3.05, 3.63) is 0 Å². The van der Waals surface area contributed by atoms with E-state index in [1.54, 1.807) is 0 Å². The Balaban J connectivity index is -0.0000000883. The summed E-state index contributed by atoms with van der Waals surface area (Å²) in [4.78, 5) is 20.4. The van der Waals surface area contributed by atoms with Gasteiger partial charge in [0.15, 0.2) is 5.78 Å². The van der Waals surface area contributed by atoms with Crippen molar-refractivity contribution >= 4 is 12.2 Å². The molecule has 0 saturated carbocycles. The van der Waals surface area contributed by atoms with Crippen LogP contribution in [0.1, 0.15) is 49.4 Å². The highest BCUT2D eigenvalue weighted by Gasteiger charge is 2.07. The summed E-state index contributed by atoms with van der Waals surface area (Å²) >= 11 is 0. The molecule has 1 atom stereocenters. The van der Waals surface area contributed by atoms with Crippen molar-refractivity contribution in [2.75, 3.05) is 0 Å². The summed E-state index contributed by atoms with van der Waals surface area (Å²) in [5.41, 5.74) is 0. The molecule has 13 heavy (non-hydrogen) atoms. The van der Waals surface area contributed by atoms with Gasteiger partial charge in [-0.05, 0) is 13.3 Å². The van der Waals surface area contributed by atoms with E-state index in [0.29, 0.717) is 12.8 Å². The number of Topliss-reactive ketones (excluding diaryl/α,β-unsaturated/α-hetero) is 1. The summed E-state index contributed by atoms with van der Waals surface area (Å²) in [7, 11) is 0. The Hall–Kier alpha value is -0.860. The molecule has 0 fully saturated rings. The van der Waals surface area contributed by atoms with E-state index < -0.39 is 0 Å². The van der Waals surface area contributed by atoms with Gasteiger partial charge >= 0.3 is 0 Å². The second-order valence-electron chi connectivity index (χ2n) is 1.86. The lowest BCUT2D eigenvalue weighted by Gasteiger charge is -2.07. The number of hydrogen-bond donors (Lipinski definition) is 1. The summed E-state index contributed by atoms with van der Waals surface area (Å²) in [5.74, 6) is 0.00426. The van der Waals surface area contributed by atoms with Gasteiger partial charge in [0.1, 0.15) is 0 Å². The van der Waals surface area contributed by atoms with Crippen molar-refractivity contribution in [2.45, 2.75) is 54.0 Å². The molecule has 1 amide bonds. The Morgan fingerprint density at radius 1 is 1.38 bits per heavy atom. The van der Waals surface area contributed by atoms with Crippen LogP contribution in [0.25, 0.3) is 0 Å². The lowest BCUT2D eigenvalue weighted by Crippen LogP contribution is -2.33. The summed E-state index contributed by atoms with van der Waals surface area (Å²) in [6, 6.07) is -0.289. The Kier molecular flexibility index (Phi) is 24.0. The average molecular weight is 191 g/mol. The van der Waals surface area contributed by atoms with Crippen molar-refractivity contribution < 1.29 is 11.0 Å². The monoisotopic (exact) mass is 191 g/mol. The predicted octanol–water partition coefficient (Wildman–Crippen LogP) is 2.40. The molecule has 0 aliphatic rings. The maximum absolute atomic E-state index is 10.5. The minimum absolute atomic E-state index is 0. The Labute approximate surface area is 83.4 Å². The van der Waals surface area contributed by atoms with E-state index in [9.17, 15) is 9.59 Å². The summed E-state index contributed by atoms with van der Waals surface area (Å²) in [6.07, 6.45) is 1.21. The molecule has 0 aromatic carbocycles. The molecule has 0 bridgehead atoms. The number of carbonyl (C=O) groups excluding carboxylic acids is 2. The molecule has 0 rings (SSSR count). The number of amides is 1. The second-order valence-corrected chi connectivity index (χ2v) is 1.86. The van der Waals surface area contributed by atoms with Crippen LogP contribution in [-0.4, -0.2) is 18.2 Å². The summed E-state index contributed by atoms with van der Waals surface area (Å²) < 4.78 is 0. The standard InChI is InChI=1S/C6H11NO2.2C2H6.H2/c1-3-6(5(2)9)7-4-8;2*1-2;/h4,6H,3H2,1-2H3,(H,7,8);2*1-2H3;1H/t6-;;;/m0.../s1. The van der Waals surface area contributed by atoms with E-state index >= 15 is 0 Å². The first-order valence-electron chi connectivity index (χ1n) is 4.92. The van der Waals surface area contributed by atoms with Gasteiger partial charge in [0.05, 0.1) is 6.04 Å². The maximum Gasteiger partial charge on any atom is 0.207 e. The number of nitrogens with one attached hydrogen (secondary N) is 1. The van der Waals surface area contributed by atoms with Gasteiger partial charge in [-0.3, -0.25) is 9.59 Å². The van der Waals surface area contributed by atoms with Crippen LogP contribution in [0.4, 0.5) is 0 Å². The molecule has 3 heteroatoms. The lowest BCUT2D eigenvalue weighted by atomic mass is 10.1. The van der Waals surface area contributed by atoms with Crippen LogP contribution in [0, 0.1) is 0 Å². The van der Waals surface area contributed by atoms with Crippen LogP contribution in [0.5, 0.6) is 0 Å². The van der Waals surface area contributed by atoms with Gasteiger partial charge in [-0.25, -0.2) is 0 Å². The van der Waals surface area contributed by atoms with Gasteiger partial charge in [-0.1, -0.05) is 34.6 Å². The van der Waals surface area contributed by atoms with E-state index in [-0.39, 0.29) is 13.3 Å². The van der Waals surface area contributed by atoms with E-state index in [1.807, 2.05) is 34.6 Å². The van der Waals surface area contributed by atoms with Crippen LogP contribution < -0.4 is 5.32 Å². The fraction of sp³-hybridized carbons (Fsp3) is 0.800. The highest BCUT2D eigenvalue weighted by Crippen LogP contribution is 1.89. The zero-order valence-corrected chi connectivity index (χ0v) is 9.68. The molecule has 0 aromatic rings. The number of hydrogen-bond acceptors (Lipinski definition) is 2. The SMILES string of the molecule is CC.CC.CC[C@H](NC=O)C(C)=O.[HH]. The maximum atomic E-state index is 10.5. The smallest absolute Gasteiger partial charge is 0.207 e. The van der Waals surface area contributed by atoms with Crippen molar-refractivity contribution in [1.29, 1.82) is 0 Å². The largest absolute Gasteiger partial charge is 0.349 e. The van der Waals surface area contributed by atoms with E-state index in [2.05, 4.69) is 5.32 Å². The highest BCUT2D eigenvalue weighted by molar-refractivity contribution is 5.83. The van der Waals surface area contributed by atoms with Gasteiger partial charge in [0, 0.05) is 1.43 Å². The highest BCUT2D eigenvalue weighted by atomic mass is 16.1. The molecule has 0 saturated heterocycles. The first kappa shape index (κ1) is 18.0. The zero-order chi connectivity index (χ0) is 11.3. The van der Waals surface area contributed by atoms with Gasteiger partial charge in [-0.2, -0.15) is 0 Å². The Morgan fingerprint density at radius 3 is 1.85 bits per heavy atom. The third-order valence-electron chi connectivity index (χ3n) is 1.17. The Morgan fingerprint density at radius 2 is 1.77 bits per heavy atom. The molecule has 0 aliphatic heterocycles. The van der Waals surface area contributed by atoms with Crippen LogP contribution in [-0.2, 0) is 9.59 Å². The van der Waals surface area contributed by atoms with Crippen LogP contribution in [0.3, 0.4) is 0 Å². The van der Waals surface area contributed by atoms with Gasteiger partial charge in [0.2, 0.25) is 6.41 Å². The topological polar surface area (TPSA) is 46.2 Å². The molecule has 82 valence electrons. The zero-order valence-electron chi connectivity index (χ0n) is 9.68. The number of carbonyl (C=O) groups is 2. The van der Waals surface area contributed by atoms with Crippen LogP contribution in [0.15, 0.2) is 0 Å². The molecule has 0 aliphatic carbocycles. The molecule has 0 unspecified atom stereocenters. The predicted molar refractivity (Wildman–Crippen MR) is 58.8 cm³/mol. The quantitative estimate of drug-likeness (QED) is 0.693.